The minimum Gasteiger partial charge on any atom is -0.442 e. The van der Waals surface area contributed by atoms with Crippen molar-refractivity contribution in [2.45, 2.75) is 17.4 Å². The number of allylic oxidation sites excluding steroid dienone is 2. The van der Waals surface area contributed by atoms with Gasteiger partial charge in [0.2, 0.25) is 0 Å². The number of amides is 2. The Labute approximate surface area is 215 Å². The van der Waals surface area contributed by atoms with E-state index in [9.17, 15) is 18.0 Å². The topological polar surface area (TPSA) is 109 Å². The molecule has 2 heterocycles. The molecule has 1 N–H and O–H groups in total. The van der Waals surface area contributed by atoms with Crippen LogP contribution < -0.4 is 4.72 Å². The van der Waals surface area contributed by atoms with E-state index in [0.29, 0.717) is 49.4 Å². The van der Waals surface area contributed by atoms with Gasteiger partial charge in [-0.05, 0) is 42.5 Å². The molecule has 0 saturated carbocycles. The van der Waals surface area contributed by atoms with Crippen molar-refractivity contribution >= 4 is 38.6 Å². The van der Waals surface area contributed by atoms with E-state index in [1.54, 1.807) is 64.5 Å². The normalized spacial score (nSPS) is 17.6. The Morgan fingerprint density at radius 1 is 0.919 bits per heavy atom. The summed E-state index contributed by atoms with van der Waals surface area (Å²) < 4.78 is 34.1. The maximum absolute atomic E-state index is 13.0. The van der Waals surface area contributed by atoms with Crippen molar-refractivity contribution in [3.8, 4) is 0 Å². The third-order valence-electron chi connectivity index (χ3n) is 6.29. The number of benzene rings is 2. The van der Waals surface area contributed by atoms with Crippen LogP contribution in [0.25, 0.3) is 10.9 Å². The first-order chi connectivity index (χ1) is 17.9. The standard InChI is InChI=1S/C27H26N4O5S/c32-26(30-16-18-31(19-17-30)27(33)36-23-8-2-1-3-9-23)21-11-13-22(14-12-21)29-37(34,35)24-10-4-6-20-7-5-15-28-25(20)24/h1-8,10-15,23,29H,9,16-19H2. The van der Waals surface area contributed by atoms with Gasteiger partial charge in [0.15, 0.2) is 0 Å². The summed E-state index contributed by atoms with van der Waals surface area (Å²) in [7, 11) is -3.88. The van der Waals surface area contributed by atoms with Crippen LogP contribution in [-0.2, 0) is 14.8 Å². The number of para-hydroxylation sites is 1. The lowest BCUT2D eigenvalue weighted by Gasteiger charge is -2.34. The molecule has 5 rings (SSSR count). The predicted octanol–water partition coefficient (Wildman–Crippen LogP) is 3.81. The average Bonchev–Trinajstić information content (AvgIpc) is 2.93. The molecule has 3 aromatic rings. The molecule has 2 amide bonds. The van der Waals surface area contributed by atoms with Crippen molar-refractivity contribution in [1.29, 1.82) is 0 Å². The van der Waals surface area contributed by atoms with Crippen molar-refractivity contribution in [3.63, 3.8) is 0 Å². The second-order valence-electron chi connectivity index (χ2n) is 8.76. The highest BCUT2D eigenvalue weighted by Crippen LogP contribution is 2.24. The number of piperazine rings is 1. The first-order valence-corrected chi connectivity index (χ1v) is 13.4. The number of nitrogens with zero attached hydrogens (tertiary/aromatic N) is 3. The summed E-state index contributed by atoms with van der Waals surface area (Å²) in [6, 6.07) is 14.8. The fraction of sp³-hybridized carbons (Fsp3) is 0.222. The second kappa shape index (κ2) is 10.4. The number of hydrogen-bond donors (Lipinski definition) is 1. The maximum Gasteiger partial charge on any atom is 0.410 e. The number of pyridine rings is 1. The van der Waals surface area contributed by atoms with Crippen LogP contribution in [0.4, 0.5) is 10.5 Å². The molecule has 0 radical (unpaired) electrons. The number of rotatable bonds is 5. The zero-order valence-electron chi connectivity index (χ0n) is 20.0. The van der Waals surface area contributed by atoms with Gasteiger partial charge in [-0.2, -0.15) is 0 Å². The van der Waals surface area contributed by atoms with E-state index in [-0.39, 0.29) is 23.0 Å². The number of anilines is 1. The van der Waals surface area contributed by atoms with Crippen molar-refractivity contribution in [1.82, 2.24) is 14.8 Å². The van der Waals surface area contributed by atoms with Crippen LogP contribution >= 0.6 is 0 Å². The number of ether oxygens (including phenoxy) is 1. The van der Waals surface area contributed by atoms with Crippen molar-refractivity contribution in [2.75, 3.05) is 30.9 Å². The summed E-state index contributed by atoms with van der Waals surface area (Å²) in [5.41, 5.74) is 1.16. The lowest BCUT2D eigenvalue weighted by atomic mass is 10.1. The third kappa shape index (κ3) is 5.49. The number of fused-ring (bicyclic) bond motifs is 1. The third-order valence-corrected chi connectivity index (χ3v) is 7.70. The van der Waals surface area contributed by atoms with Crippen LogP contribution in [0.5, 0.6) is 0 Å². The van der Waals surface area contributed by atoms with Gasteiger partial charge in [-0.1, -0.05) is 36.4 Å². The lowest BCUT2D eigenvalue weighted by molar-refractivity contribution is 0.0493. The van der Waals surface area contributed by atoms with E-state index in [2.05, 4.69) is 9.71 Å². The first kappa shape index (κ1) is 24.5. The molecule has 1 aromatic heterocycles. The fourth-order valence-corrected chi connectivity index (χ4v) is 5.55. The van der Waals surface area contributed by atoms with E-state index in [0.717, 1.165) is 5.39 Å². The van der Waals surface area contributed by atoms with Gasteiger partial charge >= 0.3 is 6.09 Å². The van der Waals surface area contributed by atoms with Gasteiger partial charge in [0.05, 0.1) is 5.52 Å². The Balaban J connectivity index is 1.19. The van der Waals surface area contributed by atoms with Crippen LogP contribution in [0.1, 0.15) is 16.8 Å². The largest absolute Gasteiger partial charge is 0.442 e. The van der Waals surface area contributed by atoms with Gasteiger partial charge in [0.1, 0.15) is 11.0 Å². The second-order valence-corrected chi connectivity index (χ2v) is 10.4. The molecule has 37 heavy (non-hydrogen) atoms. The molecule has 1 aliphatic heterocycles. The molecular weight excluding hydrogens is 492 g/mol. The predicted molar refractivity (Wildman–Crippen MR) is 140 cm³/mol. The molecule has 0 bridgehead atoms. The highest BCUT2D eigenvalue weighted by molar-refractivity contribution is 7.93. The smallest absolute Gasteiger partial charge is 0.410 e. The zero-order chi connectivity index (χ0) is 25.8. The highest BCUT2D eigenvalue weighted by atomic mass is 32.2. The summed E-state index contributed by atoms with van der Waals surface area (Å²) in [4.78, 5) is 33.0. The molecule has 1 aliphatic carbocycles. The van der Waals surface area contributed by atoms with E-state index in [1.165, 1.54) is 6.07 Å². The average molecular weight is 519 g/mol. The van der Waals surface area contributed by atoms with Crippen LogP contribution in [-0.4, -0.2) is 67.5 Å². The Hall–Kier alpha value is -4.18. The number of hydrogen-bond acceptors (Lipinski definition) is 6. The van der Waals surface area contributed by atoms with Gasteiger partial charge in [0, 0.05) is 55.4 Å². The van der Waals surface area contributed by atoms with E-state index in [1.807, 2.05) is 24.3 Å². The zero-order valence-corrected chi connectivity index (χ0v) is 20.8. The Kier molecular flexibility index (Phi) is 6.91. The Morgan fingerprint density at radius 2 is 1.65 bits per heavy atom. The Bertz CT molecular complexity index is 1470. The molecule has 1 unspecified atom stereocenters. The maximum atomic E-state index is 13.0. The molecule has 190 valence electrons. The number of sulfonamides is 1. The number of carbonyl (C=O) groups excluding carboxylic acids is 2. The molecule has 10 heteroatoms. The SMILES string of the molecule is O=C(OC1C=CC=CC1)N1CCN(C(=O)c2ccc(NS(=O)(=O)c3cccc4cccnc34)cc2)CC1. The summed E-state index contributed by atoms with van der Waals surface area (Å²) in [6.45, 7) is 1.54. The highest BCUT2D eigenvalue weighted by Gasteiger charge is 2.27. The molecule has 2 aliphatic rings. The lowest BCUT2D eigenvalue weighted by Crippen LogP contribution is -2.51. The number of nitrogens with one attached hydrogen (secondary N) is 1. The molecule has 2 aromatic carbocycles. The van der Waals surface area contributed by atoms with Gasteiger partial charge in [-0.25, -0.2) is 13.2 Å². The quantitative estimate of drug-likeness (QED) is 0.550. The molecule has 1 fully saturated rings. The van der Waals surface area contributed by atoms with Gasteiger partial charge < -0.3 is 14.5 Å². The van der Waals surface area contributed by atoms with Gasteiger partial charge in [-0.3, -0.25) is 14.5 Å². The monoisotopic (exact) mass is 518 g/mol. The first-order valence-electron chi connectivity index (χ1n) is 12.0. The fourth-order valence-electron chi connectivity index (χ4n) is 4.31. The summed E-state index contributed by atoms with van der Waals surface area (Å²) >= 11 is 0. The van der Waals surface area contributed by atoms with E-state index in [4.69, 9.17) is 4.74 Å². The number of aromatic nitrogens is 1. The molecule has 1 atom stereocenters. The molecular formula is C27H26N4O5S. The number of carbonyl (C=O) groups is 2. The molecule has 9 nitrogen and oxygen atoms in total. The summed E-state index contributed by atoms with van der Waals surface area (Å²) in [6.07, 6.45) is 9.14. The molecule has 1 saturated heterocycles. The molecule has 0 spiro atoms. The summed E-state index contributed by atoms with van der Waals surface area (Å²) in [5.74, 6) is -0.180. The minimum absolute atomic E-state index is 0.0816. The van der Waals surface area contributed by atoms with E-state index >= 15 is 0 Å². The van der Waals surface area contributed by atoms with Gasteiger partial charge in [-0.15, -0.1) is 0 Å². The summed E-state index contributed by atoms with van der Waals surface area (Å²) in [5, 5.41) is 0.725. The minimum atomic E-state index is -3.88. The van der Waals surface area contributed by atoms with Crippen LogP contribution in [0.15, 0.2) is 90.0 Å². The van der Waals surface area contributed by atoms with Crippen LogP contribution in [0, 0.1) is 0 Å². The van der Waals surface area contributed by atoms with Crippen LogP contribution in [0.3, 0.4) is 0 Å². The van der Waals surface area contributed by atoms with Crippen molar-refractivity contribution in [3.05, 3.63) is 90.7 Å². The Morgan fingerprint density at radius 3 is 2.38 bits per heavy atom. The van der Waals surface area contributed by atoms with Crippen molar-refractivity contribution < 1.29 is 22.7 Å². The van der Waals surface area contributed by atoms with E-state index < -0.39 is 10.0 Å². The van der Waals surface area contributed by atoms with Crippen LogP contribution in [0.2, 0.25) is 0 Å². The van der Waals surface area contributed by atoms with Gasteiger partial charge in [0.25, 0.3) is 15.9 Å². The van der Waals surface area contributed by atoms with Crippen molar-refractivity contribution in [2.24, 2.45) is 0 Å².